The van der Waals surface area contributed by atoms with Crippen LogP contribution in [0.5, 0.6) is 0 Å². The molecule has 0 atom stereocenters. The zero-order valence-corrected chi connectivity index (χ0v) is 7.07. The zero-order valence-electron chi connectivity index (χ0n) is 6.31. The van der Waals surface area contributed by atoms with Crippen LogP contribution < -0.4 is 0 Å². The predicted octanol–water partition coefficient (Wildman–Crippen LogP) is 2.24. The summed E-state index contributed by atoms with van der Waals surface area (Å²) in [5.74, 6) is -0.850. The highest BCUT2D eigenvalue weighted by Crippen LogP contribution is 2.16. The number of hydrogen-bond donors (Lipinski definition) is 1. The van der Waals surface area contributed by atoms with Crippen LogP contribution in [0.25, 0.3) is 0 Å². The molecule has 0 spiro atoms. The van der Waals surface area contributed by atoms with Crippen molar-refractivity contribution in [2.75, 3.05) is 0 Å². The second-order valence-corrected chi connectivity index (χ2v) is 2.83. The molecular formula is C7H11ClO2. The molecule has 0 aliphatic rings. The van der Waals surface area contributed by atoms with Gasteiger partial charge in [0.25, 0.3) is 0 Å². The molecule has 0 heterocycles. The molecule has 0 rings (SSSR count). The second-order valence-electron chi connectivity index (χ2n) is 2.46. The van der Waals surface area contributed by atoms with Gasteiger partial charge in [0, 0.05) is 0 Å². The standard InChI is InChI=1S/C7H11ClO2/c1-4(2)5(3)6(8)7(9)10/h4H,1-3H3,(H,9,10)/b6-5-. The van der Waals surface area contributed by atoms with Crippen molar-refractivity contribution >= 4 is 17.6 Å². The molecule has 0 unspecified atom stereocenters. The van der Waals surface area contributed by atoms with Crippen molar-refractivity contribution in [2.45, 2.75) is 20.8 Å². The Hall–Kier alpha value is -0.500. The van der Waals surface area contributed by atoms with Crippen molar-refractivity contribution in [2.24, 2.45) is 5.92 Å². The van der Waals surface area contributed by atoms with Gasteiger partial charge in [-0.05, 0) is 18.4 Å². The van der Waals surface area contributed by atoms with Crippen LogP contribution in [0.2, 0.25) is 0 Å². The quantitative estimate of drug-likeness (QED) is 0.633. The summed E-state index contributed by atoms with van der Waals surface area (Å²) >= 11 is 5.44. The summed E-state index contributed by atoms with van der Waals surface area (Å²) in [5, 5.41) is 8.35. The van der Waals surface area contributed by atoms with E-state index in [1.807, 2.05) is 13.8 Å². The number of carboxylic acids is 1. The highest BCUT2D eigenvalue weighted by Gasteiger charge is 2.09. The van der Waals surface area contributed by atoms with Crippen LogP contribution in [0.3, 0.4) is 0 Å². The maximum Gasteiger partial charge on any atom is 0.347 e. The van der Waals surface area contributed by atoms with Crippen LogP contribution in [0, 0.1) is 5.92 Å². The van der Waals surface area contributed by atoms with E-state index in [9.17, 15) is 4.79 Å². The number of rotatable bonds is 2. The first kappa shape index (κ1) is 9.50. The van der Waals surface area contributed by atoms with Gasteiger partial charge in [-0.15, -0.1) is 0 Å². The Balaban J connectivity index is 4.50. The third kappa shape index (κ3) is 2.40. The van der Waals surface area contributed by atoms with Gasteiger partial charge in [-0.25, -0.2) is 4.79 Å². The Bertz CT molecular complexity index is 170. The summed E-state index contributed by atoms with van der Waals surface area (Å²) in [5.41, 5.74) is 0.717. The SMILES string of the molecule is C/C(=C(/Cl)C(=O)O)C(C)C. The first-order valence-corrected chi connectivity index (χ1v) is 3.44. The predicted molar refractivity (Wildman–Crippen MR) is 41.0 cm³/mol. The van der Waals surface area contributed by atoms with Crippen molar-refractivity contribution in [3.05, 3.63) is 10.6 Å². The van der Waals surface area contributed by atoms with Crippen molar-refractivity contribution < 1.29 is 9.90 Å². The first-order valence-electron chi connectivity index (χ1n) is 3.06. The molecule has 3 heteroatoms. The maximum atomic E-state index is 10.3. The lowest BCUT2D eigenvalue weighted by Crippen LogP contribution is -2.01. The van der Waals surface area contributed by atoms with Gasteiger partial charge in [0.05, 0.1) is 0 Å². The molecule has 2 nitrogen and oxygen atoms in total. The van der Waals surface area contributed by atoms with E-state index in [4.69, 9.17) is 16.7 Å². The molecule has 0 saturated heterocycles. The molecule has 0 saturated carbocycles. The Kier molecular flexibility index (Phi) is 3.43. The summed E-state index contributed by atoms with van der Waals surface area (Å²) in [6.45, 7) is 5.53. The van der Waals surface area contributed by atoms with Gasteiger partial charge >= 0.3 is 5.97 Å². The van der Waals surface area contributed by atoms with Crippen LogP contribution in [0.1, 0.15) is 20.8 Å². The van der Waals surface area contributed by atoms with E-state index in [0.29, 0.717) is 5.57 Å². The van der Waals surface area contributed by atoms with E-state index in [2.05, 4.69) is 0 Å². The highest BCUT2D eigenvalue weighted by atomic mass is 35.5. The summed E-state index contributed by atoms with van der Waals surface area (Å²) in [6.07, 6.45) is 0. The van der Waals surface area contributed by atoms with Crippen molar-refractivity contribution in [1.82, 2.24) is 0 Å². The third-order valence-electron chi connectivity index (χ3n) is 1.40. The molecule has 1 N–H and O–H groups in total. The lowest BCUT2D eigenvalue weighted by molar-refractivity contribution is -0.132. The smallest absolute Gasteiger partial charge is 0.347 e. The summed E-state index contributed by atoms with van der Waals surface area (Å²) < 4.78 is 0. The average Bonchev–Trinajstić information content (AvgIpc) is 1.84. The molecule has 0 aromatic rings. The average molecular weight is 163 g/mol. The summed E-state index contributed by atoms with van der Waals surface area (Å²) in [6, 6.07) is 0. The molecule has 0 aromatic heterocycles. The number of aliphatic carboxylic acids is 1. The van der Waals surface area contributed by atoms with Gasteiger partial charge in [-0.1, -0.05) is 25.4 Å². The first-order chi connectivity index (χ1) is 4.46. The lowest BCUT2D eigenvalue weighted by Gasteiger charge is -2.04. The lowest BCUT2D eigenvalue weighted by atomic mass is 10.1. The van der Waals surface area contributed by atoms with Gasteiger partial charge in [-0.3, -0.25) is 0 Å². The van der Waals surface area contributed by atoms with Crippen LogP contribution in [0.4, 0.5) is 0 Å². The van der Waals surface area contributed by atoms with E-state index in [1.165, 1.54) is 0 Å². The van der Waals surface area contributed by atoms with Gasteiger partial charge in [0.1, 0.15) is 5.03 Å². The Labute approximate surface area is 65.5 Å². The fourth-order valence-corrected chi connectivity index (χ4v) is 0.640. The van der Waals surface area contributed by atoms with Gasteiger partial charge in [0.15, 0.2) is 0 Å². The molecule has 0 radical (unpaired) electrons. The van der Waals surface area contributed by atoms with Crippen molar-refractivity contribution in [3.63, 3.8) is 0 Å². The second kappa shape index (κ2) is 3.62. The highest BCUT2D eigenvalue weighted by molar-refractivity contribution is 6.41. The zero-order chi connectivity index (χ0) is 8.31. The van der Waals surface area contributed by atoms with E-state index in [1.54, 1.807) is 6.92 Å². The number of allylic oxidation sites excluding steroid dienone is 1. The van der Waals surface area contributed by atoms with Gasteiger partial charge in [0.2, 0.25) is 0 Å². The van der Waals surface area contributed by atoms with E-state index >= 15 is 0 Å². The minimum Gasteiger partial charge on any atom is -0.477 e. The minimum absolute atomic E-state index is 0.0602. The largest absolute Gasteiger partial charge is 0.477 e. The van der Waals surface area contributed by atoms with Gasteiger partial charge in [-0.2, -0.15) is 0 Å². The molecule has 58 valence electrons. The van der Waals surface area contributed by atoms with Crippen LogP contribution in [0.15, 0.2) is 10.6 Å². The molecule has 0 aromatic carbocycles. The normalized spacial score (nSPS) is 13.3. The molecular weight excluding hydrogens is 152 g/mol. The Morgan fingerprint density at radius 1 is 1.50 bits per heavy atom. The fourth-order valence-electron chi connectivity index (χ4n) is 0.422. The fraction of sp³-hybridized carbons (Fsp3) is 0.571. The van der Waals surface area contributed by atoms with Crippen LogP contribution in [-0.4, -0.2) is 11.1 Å². The van der Waals surface area contributed by atoms with E-state index in [0.717, 1.165) is 0 Å². The van der Waals surface area contributed by atoms with Crippen LogP contribution in [-0.2, 0) is 4.79 Å². The monoisotopic (exact) mass is 162 g/mol. The third-order valence-corrected chi connectivity index (χ3v) is 1.86. The molecule has 0 aliphatic heterocycles. The maximum absolute atomic E-state index is 10.3. The molecule has 0 amide bonds. The Morgan fingerprint density at radius 3 is 2.00 bits per heavy atom. The van der Waals surface area contributed by atoms with Gasteiger partial charge < -0.3 is 5.11 Å². The molecule has 10 heavy (non-hydrogen) atoms. The Morgan fingerprint density at radius 2 is 1.90 bits per heavy atom. The topological polar surface area (TPSA) is 37.3 Å². The summed E-state index contributed by atoms with van der Waals surface area (Å²) in [4.78, 5) is 10.3. The number of hydrogen-bond acceptors (Lipinski definition) is 1. The molecule has 0 fully saturated rings. The molecule has 0 aliphatic carbocycles. The number of carbonyl (C=O) groups is 1. The van der Waals surface area contributed by atoms with Crippen LogP contribution >= 0.6 is 11.6 Å². The number of halogens is 1. The van der Waals surface area contributed by atoms with E-state index < -0.39 is 5.97 Å². The molecule has 0 bridgehead atoms. The van der Waals surface area contributed by atoms with E-state index in [-0.39, 0.29) is 11.0 Å². The van der Waals surface area contributed by atoms with Crippen molar-refractivity contribution in [3.8, 4) is 0 Å². The summed E-state index contributed by atoms with van der Waals surface area (Å²) in [7, 11) is 0. The number of carboxylic acid groups (broad SMARTS) is 1. The van der Waals surface area contributed by atoms with Crippen molar-refractivity contribution in [1.29, 1.82) is 0 Å². The minimum atomic E-state index is -1.05.